The molecule has 1 amide bonds. The summed E-state index contributed by atoms with van der Waals surface area (Å²) in [5.74, 6) is -0.600. The van der Waals surface area contributed by atoms with E-state index in [1.54, 1.807) is 25.2 Å². The van der Waals surface area contributed by atoms with E-state index in [0.29, 0.717) is 22.8 Å². The highest BCUT2D eigenvalue weighted by Gasteiger charge is 2.25. The van der Waals surface area contributed by atoms with Crippen molar-refractivity contribution in [3.63, 3.8) is 0 Å². The number of nitrogens with zero attached hydrogens (tertiary/aromatic N) is 2. The standard InChI is InChI=1S/C18H22ClN3O3/c1-11(2)8-15(18(24)25-4)20-17(23)16-10-14(21-22(16)3)12-6-5-7-13(19)9-12/h5-7,9-11,15H,8H2,1-4H3,(H,20,23). The Labute approximate surface area is 152 Å². The first-order valence-corrected chi connectivity index (χ1v) is 8.38. The summed E-state index contributed by atoms with van der Waals surface area (Å²) < 4.78 is 6.26. The van der Waals surface area contributed by atoms with Gasteiger partial charge in [-0.2, -0.15) is 5.10 Å². The molecule has 1 unspecified atom stereocenters. The lowest BCUT2D eigenvalue weighted by Crippen LogP contribution is -2.42. The number of halogens is 1. The normalized spacial score (nSPS) is 12.1. The molecule has 0 aliphatic heterocycles. The molecule has 25 heavy (non-hydrogen) atoms. The number of benzene rings is 1. The number of ether oxygens (including phenoxy) is 1. The van der Waals surface area contributed by atoms with Crippen molar-refractivity contribution in [2.24, 2.45) is 13.0 Å². The quantitative estimate of drug-likeness (QED) is 0.800. The predicted molar refractivity (Wildman–Crippen MR) is 96.4 cm³/mol. The number of amides is 1. The highest BCUT2D eigenvalue weighted by Crippen LogP contribution is 2.22. The fourth-order valence-electron chi connectivity index (χ4n) is 2.53. The zero-order chi connectivity index (χ0) is 18.6. The number of hydrogen-bond acceptors (Lipinski definition) is 4. The van der Waals surface area contributed by atoms with Crippen LogP contribution < -0.4 is 5.32 Å². The SMILES string of the molecule is COC(=O)C(CC(C)C)NC(=O)c1cc(-c2cccc(Cl)c2)nn1C. The van der Waals surface area contributed by atoms with Crippen LogP contribution in [0.15, 0.2) is 30.3 Å². The van der Waals surface area contributed by atoms with Crippen molar-refractivity contribution in [3.8, 4) is 11.3 Å². The summed E-state index contributed by atoms with van der Waals surface area (Å²) in [5.41, 5.74) is 1.80. The molecule has 134 valence electrons. The summed E-state index contributed by atoms with van der Waals surface area (Å²) >= 11 is 6.01. The molecule has 0 aliphatic rings. The monoisotopic (exact) mass is 363 g/mol. The number of carbonyl (C=O) groups excluding carboxylic acids is 2. The molecule has 7 heteroatoms. The summed E-state index contributed by atoms with van der Waals surface area (Å²) in [4.78, 5) is 24.5. The van der Waals surface area contributed by atoms with Crippen LogP contribution in [0.1, 0.15) is 30.8 Å². The van der Waals surface area contributed by atoms with Crippen LogP contribution in [-0.2, 0) is 16.6 Å². The molecule has 2 aromatic rings. The van der Waals surface area contributed by atoms with E-state index in [1.165, 1.54) is 11.8 Å². The second-order valence-corrected chi connectivity index (χ2v) is 6.66. The Hall–Kier alpha value is -2.34. The second kappa shape index (κ2) is 8.16. The Balaban J connectivity index is 2.23. The third-order valence-corrected chi connectivity index (χ3v) is 3.97. The smallest absolute Gasteiger partial charge is 0.328 e. The number of esters is 1. The third kappa shape index (κ3) is 4.82. The predicted octanol–water partition coefficient (Wildman–Crippen LogP) is 3.06. The first kappa shape index (κ1) is 19.0. The number of hydrogen-bond donors (Lipinski definition) is 1. The van der Waals surface area contributed by atoms with E-state index in [0.717, 1.165) is 5.56 Å². The van der Waals surface area contributed by atoms with Gasteiger partial charge in [0.15, 0.2) is 0 Å². The molecule has 1 N–H and O–H groups in total. The molecule has 0 aliphatic carbocycles. The molecule has 0 bridgehead atoms. The fourth-order valence-corrected chi connectivity index (χ4v) is 2.72. The molecule has 1 aromatic carbocycles. The molecular weight excluding hydrogens is 342 g/mol. The van der Waals surface area contributed by atoms with Crippen molar-refractivity contribution in [1.29, 1.82) is 0 Å². The topological polar surface area (TPSA) is 73.2 Å². The van der Waals surface area contributed by atoms with Gasteiger partial charge in [-0.3, -0.25) is 9.48 Å². The van der Waals surface area contributed by atoms with E-state index in [2.05, 4.69) is 10.4 Å². The van der Waals surface area contributed by atoms with Crippen molar-refractivity contribution >= 4 is 23.5 Å². The van der Waals surface area contributed by atoms with Crippen molar-refractivity contribution < 1.29 is 14.3 Å². The Bertz CT molecular complexity index is 771. The van der Waals surface area contributed by atoms with Gasteiger partial charge >= 0.3 is 5.97 Å². The van der Waals surface area contributed by atoms with Crippen LogP contribution in [0.25, 0.3) is 11.3 Å². The van der Waals surface area contributed by atoms with Gasteiger partial charge in [0.25, 0.3) is 5.91 Å². The van der Waals surface area contributed by atoms with Crippen LogP contribution in [0.3, 0.4) is 0 Å². The van der Waals surface area contributed by atoms with Gasteiger partial charge in [0.1, 0.15) is 11.7 Å². The van der Waals surface area contributed by atoms with Gasteiger partial charge in [0.05, 0.1) is 12.8 Å². The second-order valence-electron chi connectivity index (χ2n) is 6.23. The lowest BCUT2D eigenvalue weighted by Gasteiger charge is -2.18. The minimum Gasteiger partial charge on any atom is -0.467 e. The van der Waals surface area contributed by atoms with Crippen molar-refractivity contribution in [3.05, 3.63) is 41.0 Å². The molecule has 0 fully saturated rings. The number of aromatic nitrogens is 2. The molecule has 1 heterocycles. The highest BCUT2D eigenvalue weighted by molar-refractivity contribution is 6.30. The number of nitrogens with one attached hydrogen (secondary N) is 1. The molecule has 0 spiro atoms. The third-order valence-electron chi connectivity index (χ3n) is 3.73. The van der Waals surface area contributed by atoms with Crippen molar-refractivity contribution in [2.75, 3.05) is 7.11 Å². The maximum Gasteiger partial charge on any atom is 0.328 e. The van der Waals surface area contributed by atoms with E-state index in [4.69, 9.17) is 16.3 Å². The number of aryl methyl sites for hydroxylation is 1. The molecule has 0 radical (unpaired) electrons. The zero-order valence-electron chi connectivity index (χ0n) is 14.7. The molecule has 1 atom stereocenters. The highest BCUT2D eigenvalue weighted by atomic mass is 35.5. The van der Waals surface area contributed by atoms with Gasteiger partial charge in [-0.1, -0.05) is 37.6 Å². The number of carbonyl (C=O) groups is 2. The number of methoxy groups -OCH3 is 1. The van der Waals surface area contributed by atoms with E-state index in [1.807, 2.05) is 26.0 Å². The van der Waals surface area contributed by atoms with Gasteiger partial charge in [-0.25, -0.2) is 4.79 Å². The van der Waals surface area contributed by atoms with Crippen LogP contribution >= 0.6 is 11.6 Å². The molecule has 2 rings (SSSR count). The number of rotatable bonds is 6. The summed E-state index contributed by atoms with van der Waals surface area (Å²) in [6.45, 7) is 3.95. The van der Waals surface area contributed by atoms with Crippen LogP contribution in [0.2, 0.25) is 5.02 Å². The van der Waals surface area contributed by atoms with E-state index in [-0.39, 0.29) is 11.8 Å². The Kier molecular flexibility index (Phi) is 6.20. The van der Waals surface area contributed by atoms with Gasteiger partial charge < -0.3 is 10.1 Å². The first-order valence-electron chi connectivity index (χ1n) is 8.00. The largest absolute Gasteiger partial charge is 0.467 e. The maximum absolute atomic E-state index is 12.6. The van der Waals surface area contributed by atoms with Crippen LogP contribution in [0, 0.1) is 5.92 Å². The minimum absolute atomic E-state index is 0.234. The van der Waals surface area contributed by atoms with Gasteiger partial charge in [0.2, 0.25) is 0 Å². The van der Waals surface area contributed by atoms with Crippen LogP contribution in [0.4, 0.5) is 0 Å². The molecule has 6 nitrogen and oxygen atoms in total. The molecule has 0 saturated carbocycles. The van der Waals surface area contributed by atoms with Crippen LogP contribution in [-0.4, -0.2) is 34.8 Å². The summed E-state index contributed by atoms with van der Waals surface area (Å²) in [5, 5.41) is 7.68. The van der Waals surface area contributed by atoms with Gasteiger partial charge in [-0.15, -0.1) is 0 Å². The van der Waals surface area contributed by atoms with Crippen LogP contribution in [0.5, 0.6) is 0 Å². The Morgan fingerprint density at radius 2 is 2.04 bits per heavy atom. The fraction of sp³-hybridized carbons (Fsp3) is 0.389. The lowest BCUT2D eigenvalue weighted by molar-refractivity contribution is -0.143. The lowest BCUT2D eigenvalue weighted by atomic mass is 10.0. The molecule has 0 saturated heterocycles. The summed E-state index contributed by atoms with van der Waals surface area (Å²) in [6.07, 6.45) is 0.497. The summed E-state index contributed by atoms with van der Waals surface area (Å²) in [7, 11) is 2.99. The molecule has 1 aromatic heterocycles. The maximum atomic E-state index is 12.6. The zero-order valence-corrected chi connectivity index (χ0v) is 15.5. The van der Waals surface area contributed by atoms with Gasteiger partial charge in [-0.05, 0) is 30.5 Å². The first-order chi connectivity index (χ1) is 11.8. The Morgan fingerprint density at radius 1 is 1.32 bits per heavy atom. The minimum atomic E-state index is -0.693. The average Bonchev–Trinajstić information content (AvgIpc) is 2.95. The van der Waals surface area contributed by atoms with Crippen molar-refractivity contribution in [2.45, 2.75) is 26.3 Å². The van der Waals surface area contributed by atoms with E-state index < -0.39 is 12.0 Å². The Morgan fingerprint density at radius 3 is 2.64 bits per heavy atom. The van der Waals surface area contributed by atoms with E-state index >= 15 is 0 Å². The van der Waals surface area contributed by atoms with Gasteiger partial charge in [0, 0.05) is 17.6 Å². The van der Waals surface area contributed by atoms with E-state index in [9.17, 15) is 9.59 Å². The summed E-state index contributed by atoms with van der Waals surface area (Å²) in [6, 6.07) is 8.22. The molecular formula is C18H22ClN3O3. The van der Waals surface area contributed by atoms with Crippen molar-refractivity contribution in [1.82, 2.24) is 15.1 Å². The average molecular weight is 364 g/mol.